The Labute approximate surface area is 107 Å². The zero-order valence-electron chi connectivity index (χ0n) is 10.5. The molecular weight excluding hydrogens is 228 g/mol. The highest BCUT2D eigenvalue weighted by molar-refractivity contribution is 5.99. The van der Waals surface area contributed by atoms with Gasteiger partial charge in [-0.15, -0.1) is 0 Å². The van der Waals surface area contributed by atoms with E-state index in [9.17, 15) is 4.79 Å². The van der Waals surface area contributed by atoms with Gasteiger partial charge in [0.2, 0.25) is 0 Å². The molecule has 18 heavy (non-hydrogen) atoms. The monoisotopic (exact) mass is 246 g/mol. The fraction of sp³-hybridized carbons (Fsp3) is 0.357. The first-order valence-corrected chi connectivity index (χ1v) is 6.10. The number of hydrogen-bond acceptors (Lipinski definition) is 3. The molecule has 0 aromatic heterocycles. The Morgan fingerprint density at radius 1 is 1.44 bits per heavy atom. The zero-order chi connectivity index (χ0) is 13.0. The molecule has 1 amide bonds. The number of amides is 1. The van der Waals surface area contributed by atoms with Crippen molar-refractivity contribution in [3.8, 4) is 5.75 Å². The van der Waals surface area contributed by atoms with E-state index < -0.39 is 0 Å². The maximum Gasteiger partial charge on any atom is 0.253 e. The molecule has 0 aliphatic heterocycles. The predicted molar refractivity (Wildman–Crippen MR) is 71.7 cm³/mol. The number of nitrogens with two attached hydrogens (primary N) is 1. The van der Waals surface area contributed by atoms with Gasteiger partial charge < -0.3 is 15.8 Å². The average Bonchev–Trinajstić information content (AvgIpc) is 2.39. The van der Waals surface area contributed by atoms with Gasteiger partial charge in [0.25, 0.3) is 5.91 Å². The number of rotatable bonds is 3. The predicted octanol–water partition coefficient (Wildman–Crippen LogP) is 2.12. The van der Waals surface area contributed by atoms with Crippen molar-refractivity contribution in [2.24, 2.45) is 0 Å². The van der Waals surface area contributed by atoms with Crippen LogP contribution >= 0.6 is 0 Å². The average molecular weight is 246 g/mol. The fourth-order valence-corrected chi connectivity index (χ4v) is 2.06. The van der Waals surface area contributed by atoms with Crippen LogP contribution in [0.25, 0.3) is 0 Å². The third-order valence-corrected chi connectivity index (χ3v) is 3.11. The molecule has 1 atom stereocenters. The van der Waals surface area contributed by atoms with Gasteiger partial charge in [-0.1, -0.05) is 12.2 Å². The second-order valence-corrected chi connectivity index (χ2v) is 4.41. The van der Waals surface area contributed by atoms with Crippen LogP contribution in [0.1, 0.15) is 29.6 Å². The van der Waals surface area contributed by atoms with Gasteiger partial charge >= 0.3 is 0 Å². The van der Waals surface area contributed by atoms with Crippen LogP contribution in [0, 0.1) is 0 Å². The van der Waals surface area contributed by atoms with E-state index >= 15 is 0 Å². The number of methoxy groups -OCH3 is 1. The highest BCUT2D eigenvalue weighted by Gasteiger charge is 2.16. The summed E-state index contributed by atoms with van der Waals surface area (Å²) >= 11 is 0. The highest BCUT2D eigenvalue weighted by Crippen LogP contribution is 2.20. The van der Waals surface area contributed by atoms with E-state index in [4.69, 9.17) is 10.5 Å². The van der Waals surface area contributed by atoms with Gasteiger partial charge in [-0.05, 0) is 31.4 Å². The number of nitrogens with one attached hydrogen (secondary N) is 1. The molecule has 0 saturated heterocycles. The molecule has 0 heterocycles. The summed E-state index contributed by atoms with van der Waals surface area (Å²) < 4.78 is 5.06. The molecule has 1 aromatic rings. The van der Waals surface area contributed by atoms with Crippen LogP contribution in [0.15, 0.2) is 30.4 Å². The summed E-state index contributed by atoms with van der Waals surface area (Å²) in [6.45, 7) is 0. The smallest absolute Gasteiger partial charge is 0.253 e. The van der Waals surface area contributed by atoms with E-state index in [2.05, 4.69) is 17.5 Å². The first kappa shape index (κ1) is 12.5. The van der Waals surface area contributed by atoms with E-state index in [0.29, 0.717) is 17.0 Å². The number of carbonyl (C=O) groups excluding carboxylic acids is 1. The molecular formula is C14H18N2O2. The minimum absolute atomic E-state index is 0.115. The quantitative estimate of drug-likeness (QED) is 0.634. The molecule has 4 heteroatoms. The van der Waals surface area contributed by atoms with Crippen molar-refractivity contribution in [1.82, 2.24) is 5.32 Å². The van der Waals surface area contributed by atoms with Gasteiger partial charge in [0.05, 0.1) is 12.7 Å². The Kier molecular flexibility index (Phi) is 3.87. The van der Waals surface area contributed by atoms with Crippen molar-refractivity contribution in [2.75, 3.05) is 12.8 Å². The fourth-order valence-electron chi connectivity index (χ4n) is 2.06. The summed E-state index contributed by atoms with van der Waals surface area (Å²) in [5.41, 5.74) is 6.80. The van der Waals surface area contributed by atoms with Crippen LogP contribution < -0.4 is 15.8 Å². The second-order valence-electron chi connectivity index (χ2n) is 4.41. The lowest BCUT2D eigenvalue weighted by atomic mass is 10.0. The Morgan fingerprint density at radius 3 is 2.89 bits per heavy atom. The van der Waals surface area contributed by atoms with E-state index in [1.807, 2.05) is 0 Å². The largest absolute Gasteiger partial charge is 0.497 e. The summed E-state index contributed by atoms with van der Waals surface area (Å²) in [5, 5.41) is 3.00. The first-order chi connectivity index (χ1) is 8.70. The Balaban J connectivity index is 2.06. The molecule has 4 nitrogen and oxygen atoms in total. The van der Waals surface area contributed by atoms with E-state index in [-0.39, 0.29) is 11.9 Å². The van der Waals surface area contributed by atoms with Gasteiger partial charge in [-0.2, -0.15) is 0 Å². The van der Waals surface area contributed by atoms with Gasteiger partial charge in [-0.25, -0.2) is 0 Å². The summed E-state index contributed by atoms with van der Waals surface area (Å²) in [6, 6.07) is 5.31. The Hall–Kier alpha value is -1.97. The van der Waals surface area contributed by atoms with E-state index in [0.717, 1.165) is 19.3 Å². The summed E-state index contributed by atoms with van der Waals surface area (Å²) in [7, 11) is 1.57. The summed E-state index contributed by atoms with van der Waals surface area (Å²) in [5.74, 6) is 0.542. The van der Waals surface area contributed by atoms with Gasteiger partial charge in [0, 0.05) is 17.8 Å². The molecule has 0 saturated carbocycles. The van der Waals surface area contributed by atoms with Crippen molar-refractivity contribution in [3.63, 3.8) is 0 Å². The number of anilines is 1. The maximum atomic E-state index is 12.1. The first-order valence-electron chi connectivity index (χ1n) is 6.10. The van der Waals surface area contributed by atoms with Crippen LogP contribution in [0.3, 0.4) is 0 Å². The lowest BCUT2D eigenvalue weighted by Crippen LogP contribution is -2.35. The number of carbonyl (C=O) groups is 1. The van der Waals surface area contributed by atoms with E-state index in [1.165, 1.54) is 0 Å². The normalized spacial score (nSPS) is 18.4. The minimum atomic E-state index is -0.115. The summed E-state index contributed by atoms with van der Waals surface area (Å²) in [6.07, 6.45) is 7.14. The van der Waals surface area contributed by atoms with Crippen molar-refractivity contribution >= 4 is 11.6 Å². The molecule has 0 radical (unpaired) electrons. The van der Waals surface area contributed by atoms with E-state index in [1.54, 1.807) is 25.3 Å². The Bertz CT molecular complexity index is 469. The lowest BCUT2D eigenvalue weighted by molar-refractivity contribution is 0.0935. The van der Waals surface area contributed by atoms with Crippen molar-refractivity contribution in [1.29, 1.82) is 0 Å². The Morgan fingerprint density at radius 2 is 2.28 bits per heavy atom. The maximum absolute atomic E-state index is 12.1. The van der Waals surface area contributed by atoms with Gasteiger partial charge in [0.15, 0.2) is 0 Å². The molecule has 1 aliphatic rings. The third-order valence-electron chi connectivity index (χ3n) is 3.11. The molecule has 0 fully saturated rings. The van der Waals surface area contributed by atoms with Crippen LogP contribution in [0.2, 0.25) is 0 Å². The molecule has 2 rings (SSSR count). The van der Waals surface area contributed by atoms with Crippen molar-refractivity contribution in [3.05, 3.63) is 35.9 Å². The lowest BCUT2D eigenvalue weighted by Gasteiger charge is -2.19. The SMILES string of the molecule is COc1ccc(C(=O)NC2CC=CCC2)c(N)c1. The van der Waals surface area contributed by atoms with Gasteiger partial charge in [-0.3, -0.25) is 4.79 Å². The van der Waals surface area contributed by atoms with Crippen LogP contribution in [-0.2, 0) is 0 Å². The molecule has 1 aromatic carbocycles. The number of allylic oxidation sites excluding steroid dienone is 1. The third kappa shape index (κ3) is 2.83. The highest BCUT2D eigenvalue weighted by atomic mass is 16.5. The second kappa shape index (κ2) is 5.58. The minimum Gasteiger partial charge on any atom is -0.497 e. The zero-order valence-corrected chi connectivity index (χ0v) is 10.5. The molecule has 1 unspecified atom stereocenters. The molecule has 1 aliphatic carbocycles. The number of benzene rings is 1. The van der Waals surface area contributed by atoms with Crippen LogP contribution in [0.5, 0.6) is 5.75 Å². The van der Waals surface area contributed by atoms with Crippen LogP contribution in [-0.4, -0.2) is 19.1 Å². The topological polar surface area (TPSA) is 64.3 Å². The van der Waals surface area contributed by atoms with Crippen molar-refractivity contribution < 1.29 is 9.53 Å². The van der Waals surface area contributed by atoms with Crippen LogP contribution in [0.4, 0.5) is 5.69 Å². The summed E-state index contributed by atoms with van der Waals surface area (Å²) in [4.78, 5) is 12.1. The number of nitrogen functional groups attached to an aromatic ring is 1. The van der Waals surface area contributed by atoms with Crippen molar-refractivity contribution in [2.45, 2.75) is 25.3 Å². The number of ether oxygens (including phenoxy) is 1. The molecule has 96 valence electrons. The van der Waals surface area contributed by atoms with Gasteiger partial charge in [0.1, 0.15) is 5.75 Å². The number of hydrogen-bond donors (Lipinski definition) is 2. The molecule has 0 spiro atoms. The molecule has 3 N–H and O–H groups in total. The molecule has 0 bridgehead atoms. The standard InChI is InChI=1S/C14H18N2O2/c1-18-11-7-8-12(13(15)9-11)14(17)16-10-5-3-2-4-6-10/h2-3,7-10H,4-6,15H2,1H3,(H,16,17).